The first-order valence-corrected chi connectivity index (χ1v) is 5.47. The smallest absolute Gasteiger partial charge is 0.232 e. The number of para-hydroxylation sites is 2. The molecule has 0 fully saturated rings. The Morgan fingerprint density at radius 3 is 2.23 bits per heavy atom. The summed E-state index contributed by atoms with van der Waals surface area (Å²) in [6.45, 7) is 0. The van der Waals surface area contributed by atoms with Gasteiger partial charge >= 0.3 is 0 Å². The number of sulfonamides is 1. The highest BCUT2D eigenvalue weighted by Crippen LogP contribution is 2.27. The van der Waals surface area contributed by atoms with Gasteiger partial charge in [0, 0.05) is 7.05 Å². The van der Waals surface area contributed by atoms with E-state index in [0.29, 0.717) is 0 Å². The largest absolute Gasteiger partial charge is 0.288 e. The van der Waals surface area contributed by atoms with Gasteiger partial charge in [-0.25, -0.2) is 8.42 Å². The van der Waals surface area contributed by atoms with E-state index in [-0.39, 0.29) is 11.4 Å². The zero-order valence-corrected chi connectivity index (χ0v) is 8.21. The highest BCUT2D eigenvalue weighted by molar-refractivity contribution is 7.92. The summed E-state index contributed by atoms with van der Waals surface area (Å²) in [6, 6.07) is 6.00. The van der Waals surface area contributed by atoms with Crippen molar-refractivity contribution >= 4 is 15.7 Å². The molecule has 0 unspecified atom stereocenters. The third-order valence-corrected chi connectivity index (χ3v) is 2.89. The standard InChI is InChI=1S/C8H10NO3S/c1-9(13(2,11)12)7-5-3-4-6-8(7)10/h3-6H,1-2H3. The first-order valence-electron chi connectivity index (χ1n) is 3.63. The number of anilines is 1. The lowest BCUT2D eigenvalue weighted by Crippen LogP contribution is -2.24. The number of hydrogen-bond acceptors (Lipinski definition) is 2. The molecule has 0 spiro atoms. The van der Waals surface area contributed by atoms with Crippen LogP contribution in [0.4, 0.5) is 5.69 Å². The van der Waals surface area contributed by atoms with Gasteiger partial charge in [0.15, 0.2) is 0 Å². The quantitative estimate of drug-likeness (QED) is 0.720. The monoisotopic (exact) mass is 200 g/mol. The van der Waals surface area contributed by atoms with Gasteiger partial charge in [-0.2, -0.15) is 0 Å². The second-order valence-electron chi connectivity index (χ2n) is 2.70. The molecule has 71 valence electrons. The topological polar surface area (TPSA) is 57.3 Å². The maximum atomic E-state index is 11.2. The molecule has 1 aromatic rings. The maximum absolute atomic E-state index is 11.2. The van der Waals surface area contributed by atoms with Gasteiger partial charge < -0.3 is 0 Å². The van der Waals surface area contributed by atoms with Crippen LogP contribution in [0.2, 0.25) is 0 Å². The lowest BCUT2D eigenvalue weighted by atomic mass is 10.3. The fraction of sp³-hybridized carbons (Fsp3) is 0.250. The molecular formula is C8H10NO3S. The van der Waals surface area contributed by atoms with Crippen LogP contribution in [-0.4, -0.2) is 21.7 Å². The lowest BCUT2D eigenvalue weighted by molar-refractivity contribution is 0.356. The molecule has 0 amide bonds. The van der Waals surface area contributed by atoms with E-state index in [1.165, 1.54) is 19.2 Å². The summed E-state index contributed by atoms with van der Waals surface area (Å²) in [7, 11) is -1.99. The van der Waals surface area contributed by atoms with Crippen LogP contribution in [0.15, 0.2) is 24.3 Å². The average molecular weight is 200 g/mol. The van der Waals surface area contributed by atoms with Crippen LogP contribution in [-0.2, 0) is 15.1 Å². The summed E-state index contributed by atoms with van der Waals surface area (Å²) in [5.74, 6) is -0.296. The van der Waals surface area contributed by atoms with Crippen molar-refractivity contribution in [1.82, 2.24) is 0 Å². The van der Waals surface area contributed by atoms with Gasteiger partial charge in [0.2, 0.25) is 15.8 Å². The fourth-order valence-electron chi connectivity index (χ4n) is 0.896. The predicted octanol–water partition coefficient (Wildman–Crippen LogP) is 1.23. The van der Waals surface area contributed by atoms with Crippen LogP contribution in [0, 0.1) is 0 Å². The van der Waals surface area contributed by atoms with Crippen molar-refractivity contribution < 1.29 is 13.5 Å². The van der Waals surface area contributed by atoms with Crippen molar-refractivity contribution in [3.63, 3.8) is 0 Å². The highest BCUT2D eigenvalue weighted by Gasteiger charge is 2.15. The number of benzene rings is 1. The van der Waals surface area contributed by atoms with Crippen LogP contribution >= 0.6 is 0 Å². The molecule has 5 heteroatoms. The van der Waals surface area contributed by atoms with Crippen LogP contribution in [0.1, 0.15) is 0 Å². The molecule has 0 atom stereocenters. The Morgan fingerprint density at radius 2 is 1.77 bits per heavy atom. The predicted molar refractivity (Wildman–Crippen MR) is 49.8 cm³/mol. The van der Waals surface area contributed by atoms with Gasteiger partial charge in [0.1, 0.15) is 0 Å². The Kier molecular flexibility index (Phi) is 2.47. The SMILES string of the molecule is CN(c1ccccc1[O])S(C)(=O)=O. The Hall–Kier alpha value is -1.23. The molecule has 1 aromatic carbocycles. The molecule has 0 saturated heterocycles. The van der Waals surface area contributed by atoms with Crippen molar-refractivity contribution in [3.8, 4) is 5.75 Å². The fourth-order valence-corrected chi connectivity index (χ4v) is 1.40. The minimum Gasteiger partial charge on any atom is -0.288 e. The van der Waals surface area contributed by atoms with Crippen LogP contribution < -0.4 is 4.31 Å². The van der Waals surface area contributed by atoms with Gasteiger partial charge in [-0.05, 0) is 12.1 Å². The second kappa shape index (κ2) is 3.26. The van der Waals surface area contributed by atoms with Crippen LogP contribution in [0.25, 0.3) is 0 Å². The third-order valence-electron chi connectivity index (χ3n) is 1.70. The Balaban J connectivity index is 3.17. The second-order valence-corrected chi connectivity index (χ2v) is 4.71. The summed E-state index contributed by atoms with van der Waals surface area (Å²) in [6.07, 6.45) is 1.06. The van der Waals surface area contributed by atoms with Crippen molar-refractivity contribution in [3.05, 3.63) is 24.3 Å². The zero-order chi connectivity index (χ0) is 10.1. The maximum Gasteiger partial charge on any atom is 0.232 e. The first kappa shape index (κ1) is 9.85. The van der Waals surface area contributed by atoms with E-state index in [4.69, 9.17) is 0 Å². The number of rotatable bonds is 2. The van der Waals surface area contributed by atoms with E-state index in [9.17, 15) is 13.5 Å². The Morgan fingerprint density at radius 1 is 1.23 bits per heavy atom. The van der Waals surface area contributed by atoms with Gasteiger partial charge in [-0.1, -0.05) is 12.1 Å². The summed E-state index contributed by atoms with van der Waals surface area (Å²) < 4.78 is 23.1. The number of hydrogen-bond donors (Lipinski definition) is 0. The third kappa shape index (κ3) is 2.12. The van der Waals surface area contributed by atoms with Crippen LogP contribution in [0.3, 0.4) is 0 Å². The molecule has 0 bridgehead atoms. The van der Waals surface area contributed by atoms with Crippen LogP contribution in [0.5, 0.6) is 5.75 Å². The summed E-state index contributed by atoms with van der Waals surface area (Å²) >= 11 is 0. The lowest BCUT2D eigenvalue weighted by Gasteiger charge is -2.16. The van der Waals surface area contributed by atoms with E-state index >= 15 is 0 Å². The van der Waals surface area contributed by atoms with Crippen molar-refractivity contribution in [1.29, 1.82) is 0 Å². The minimum atomic E-state index is -3.35. The average Bonchev–Trinajstić information content (AvgIpc) is 2.02. The summed E-state index contributed by atoms with van der Waals surface area (Å²) in [4.78, 5) is 0. The molecule has 0 aliphatic heterocycles. The molecule has 0 saturated carbocycles. The molecule has 0 aromatic heterocycles. The first-order chi connectivity index (χ1) is 5.93. The van der Waals surface area contributed by atoms with E-state index in [1.807, 2.05) is 0 Å². The zero-order valence-electron chi connectivity index (χ0n) is 7.39. The van der Waals surface area contributed by atoms with E-state index in [1.54, 1.807) is 12.1 Å². The summed E-state index contributed by atoms with van der Waals surface area (Å²) in [5.41, 5.74) is 0.171. The molecule has 0 aliphatic rings. The van der Waals surface area contributed by atoms with E-state index in [0.717, 1.165) is 10.6 Å². The molecule has 0 N–H and O–H groups in total. The normalized spacial score (nSPS) is 11.2. The Labute approximate surface area is 77.5 Å². The molecular weight excluding hydrogens is 190 g/mol. The molecule has 13 heavy (non-hydrogen) atoms. The van der Waals surface area contributed by atoms with Crippen molar-refractivity contribution in [2.75, 3.05) is 17.6 Å². The van der Waals surface area contributed by atoms with Gasteiger partial charge in [-0.3, -0.25) is 9.41 Å². The molecule has 1 rings (SSSR count). The molecule has 1 radical (unpaired) electrons. The summed E-state index contributed by atoms with van der Waals surface area (Å²) in [5, 5.41) is 11.2. The molecule has 4 nitrogen and oxygen atoms in total. The van der Waals surface area contributed by atoms with Gasteiger partial charge in [0.05, 0.1) is 11.9 Å². The van der Waals surface area contributed by atoms with E-state index < -0.39 is 10.0 Å². The van der Waals surface area contributed by atoms with Gasteiger partial charge in [0.25, 0.3) is 0 Å². The van der Waals surface area contributed by atoms with E-state index in [2.05, 4.69) is 0 Å². The number of nitrogens with zero attached hydrogens (tertiary/aromatic N) is 1. The van der Waals surface area contributed by atoms with Crippen molar-refractivity contribution in [2.24, 2.45) is 0 Å². The van der Waals surface area contributed by atoms with Gasteiger partial charge in [-0.15, -0.1) is 0 Å². The molecule has 0 heterocycles. The minimum absolute atomic E-state index is 0.171. The Bertz CT molecular complexity index is 400. The highest BCUT2D eigenvalue weighted by atomic mass is 32.2. The molecule has 0 aliphatic carbocycles. The van der Waals surface area contributed by atoms with Crippen molar-refractivity contribution in [2.45, 2.75) is 0 Å².